The highest BCUT2D eigenvalue weighted by Crippen LogP contribution is 2.32. The van der Waals surface area contributed by atoms with Crippen molar-refractivity contribution in [3.8, 4) is 11.5 Å². The first-order valence-electron chi connectivity index (χ1n) is 4.32. The molecule has 0 aliphatic rings. The maximum absolute atomic E-state index is 10.7. The molecule has 0 aliphatic heterocycles. The fourth-order valence-corrected chi connectivity index (χ4v) is 1.30. The zero-order chi connectivity index (χ0) is 11.3. The first-order valence-corrected chi connectivity index (χ1v) is 4.85. The number of aldehydes is 1. The molecule has 0 aromatic heterocycles. The third kappa shape index (κ3) is 2.50. The molecule has 0 spiro atoms. The summed E-state index contributed by atoms with van der Waals surface area (Å²) in [7, 11) is 1.45. The molecule has 1 N–H and O–H groups in total. The largest absolute Gasteiger partial charge is 0.504 e. The van der Waals surface area contributed by atoms with Gasteiger partial charge in [-0.2, -0.15) is 0 Å². The number of phenols is 1. The maximum Gasteiger partial charge on any atom is 0.165 e. The van der Waals surface area contributed by atoms with Crippen molar-refractivity contribution in [1.82, 2.24) is 0 Å². The van der Waals surface area contributed by atoms with Gasteiger partial charge >= 0.3 is 0 Å². The SMILES string of the molecule is COc1ccc(C=O)c(C=CCCl)c1O. The number of alkyl halides is 1. The molecule has 3 nitrogen and oxygen atoms in total. The lowest BCUT2D eigenvalue weighted by atomic mass is 10.1. The number of carbonyl (C=O) groups is 1. The van der Waals surface area contributed by atoms with Crippen LogP contribution in [0.5, 0.6) is 11.5 Å². The lowest BCUT2D eigenvalue weighted by Crippen LogP contribution is -1.91. The number of hydrogen-bond acceptors (Lipinski definition) is 3. The molecule has 4 heteroatoms. The van der Waals surface area contributed by atoms with E-state index in [4.69, 9.17) is 16.3 Å². The van der Waals surface area contributed by atoms with Crippen molar-refractivity contribution < 1.29 is 14.6 Å². The molecule has 15 heavy (non-hydrogen) atoms. The highest BCUT2D eigenvalue weighted by Gasteiger charge is 2.09. The van der Waals surface area contributed by atoms with Gasteiger partial charge in [0.05, 0.1) is 7.11 Å². The molecule has 1 aromatic rings. The number of hydrogen-bond donors (Lipinski definition) is 1. The third-order valence-corrected chi connectivity index (χ3v) is 2.11. The van der Waals surface area contributed by atoms with E-state index < -0.39 is 0 Å². The minimum Gasteiger partial charge on any atom is -0.504 e. The Hall–Kier alpha value is -1.48. The Morgan fingerprint density at radius 3 is 2.80 bits per heavy atom. The summed E-state index contributed by atoms with van der Waals surface area (Å²) in [6.07, 6.45) is 3.91. The highest BCUT2D eigenvalue weighted by atomic mass is 35.5. The molecular weight excluding hydrogens is 216 g/mol. The lowest BCUT2D eigenvalue weighted by Gasteiger charge is -2.07. The van der Waals surface area contributed by atoms with Crippen LogP contribution in [0.2, 0.25) is 0 Å². The second-order valence-corrected chi connectivity index (χ2v) is 3.10. The van der Waals surface area contributed by atoms with Gasteiger partial charge in [0.15, 0.2) is 17.8 Å². The second kappa shape index (κ2) is 5.41. The number of phenolic OH excluding ortho intramolecular Hbond substituents is 1. The van der Waals surface area contributed by atoms with E-state index in [1.54, 1.807) is 18.2 Å². The highest BCUT2D eigenvalue weighted by molar-refractivity contribution is 6.19. The molecule has 0 fully saturated rings. The third-order valence-electron chi connectivity index (χ3n) is 1.93. The van der Waals surface area contributed by atoms with Crippen molar-refractivity contribution in [2.75, 3.05) is 13.0 Å². The van der Waals surface area contributed by atoms with Crippen molar-refractivity contribution in [3.63, 3.8) is 0 Å². The van der Waals surface area contributed by atoms with E-state index in [2.05, 4.69) is 0 Å². The fraction of sp³-hybridized carbons (Fsp3) is 0.182. The Balaban J connectivity index is 3.28. The van der Waals surface area contributed by atoms with Crippen molar-refractivity contribution >= 4 is 24.0 Å². The maximum atomic E-state index is 10.7. The molecule has 0 aliphatic carbocycles. The van der Waals surface area contributed by atoms with Gasteiger partial charge in [0, 0.05) is 17.0 Å². The standard InChI is InChI=1S/C11H11ClO3/c1-15-10-5-4-8(7-13)9(11(10)14)3-2-6-12/h2-5,7,14H,6H2,1H3. The van der Waals surface area contributed by atoms with Gasteiger partial charge in [-0.25, -0.2) is 0 Å². The first kappa shape index (κ1) is 11.6. The van der Waals surface area contributed by atoms with Crippen molar-refractivity contribution in [3.05, 3.63) is 29.3 Å². The van der Waals surface area contributed by atoms with Crippen LogP contribution in [0.1, 0.15) is 15.9 Å². The topological polar surface area (TPSA) is 46.5 Å². The first-order chi connectivity index (χ1) is 7.24. The summed E-state index contributed by atoms with van der Waals surface area (Å²) < 4.78 is 4.93. The quantitative estimate of drug-likeness (QED) is 0.634. The predicted molar refractivity (Wildman–Crippen MR) is 59.8 cm³/mol. The molecule has 1 rings (SSSR count). The van der Waals surface area contributed by atoms with Gasteiger partial charge in [-0.1, -0.05) is 12.2 Å². The normalized spacial score (nSPS) is 10.5. The van der Waals surface area contributed by atoms with E-state index in [0.717, 1.165) is 0 Å². The molecule has 1 aromatic carbocycles. The zero-order valence-electron chi connectivity index (χ0n) is 8.24. The van der Waals surface area contributed by atoms with E-state index in [0.29, 0.717) is 29.0 Å². The summed E-state index contributed by atoms with van der Waals surface area (Å²) >= 11 is 5.48. The Bertz CT molecular complexity index is 386. The van der Waals surface area contributed by atoms with Crippen LogP contribution in [-0.4, -0.2) is 24.4 Å². The van der Waals surface area contributed by atoms with Gasteiger partial charge in [0.1, 0.15) is 0 Å². The molecule has 0 radical (unpaired) electrons. The number of methoxy groups -OCH3 is 1. The average molecular weight is 227 g/mol. The zero-order valence-corrected chi connectivity index (χ0v) is 8.99. The van der Waals surface area contributed by atoms with Crippen LogP contribution >= 0.6 is 11.6 Å². The van der Waals surface area contributed by atoms with E-state index in [9.17, 15) is 9.90 Å². The van der Waals surface area contributed by atoms with Crippen LogP contribution in [0, 0.1) is 0 Å². The molecular formula is C11H11ClO3. The molecule has 0 heterocycles. The van der Waals surface area contributed by atoms with Gasteiger partial charge < -0.3 is 9.84 Å². The van der Waals surface area contributed by atoms with Gasteiger partial charge in [0.25, 0.3) is 0 Å². The summed E-state index contributed by atoms with van der Waals surface area (Å²) in [6, 6.07) is 3.12. The fourth-order valence-electron chi connectivity index (χ4n) is 1.21. The van der Waals surface area contributed by atoms with Crippen molar-refractivity contribution in [1.29, 1.82) is 0 Å². The number of benzene rings is 1. The Kier molecular flexibility index (Phi) is 4.18. The molecule has 0 saturated heterocycles. The van der Waals surface area contributed by atoms with Gasteiger partial charge in [0.2, 0.25) is 0 Å². The second-order valence-electron chi connectivity index (χ2n) is 2.79. The smallest absolute Gasteiger partial charge is 0.165 e. The Morgan fingerprint density at radius 2 is 2.27 bits per heavy atom. The van der Waals surface area contributed by atoms with Crippen LogP contribution in [0.4, 0.5) is 0 Å². The summed E-state index contributed by atoms with van der Waals surface area (Å²) in [6.45, 7) is 0. The monoisotopic (exact) mass is 226 g/mol. The minimum atomic E-state index is -0.0523. The van der Waals surface area contributed by atoms with Crippen molar-refractivity contribution in [2.45, 2.75) is 0 Å². The summed E-state index contributed by atoms with van der Waals surface area (Å²) in [5, 5.41) is 9.75. The minimum absolute atomic E-state index is 0.0523. The molecule has 80 valence electrons. The summed E-state index contributed by atoms with van der Waals surface area (Å²) in [5.74, 6) is 0.591. The van der Waals surface area contributed by atoms with Crippen LogP contribution < -0.4 is 4.74 Å². The molecule has 0 bridgehead atoms. The van der Waals surface area contributed by atoms with Gasteiger partial charge in [-0.05, 0) is 12.1 Å². The number of aromatic hydroxyl groups is 1. The van der Waals surface area contributed by atoms with Crippen LogP contribution in [0.3, 0.4) is 0 Å². The van der Waals surface area contributed by atoms with E-state index in [1.807, 2.05) is 0 Å². The van der Waals surface area contributed by atoms with Crippen LogP contribution in [0.25, 0.3) is 6.08 Å². The number of halogens is 1. The van der Waals surface area contributed by atoms with Gasteiger partial charge in [-0.3, -0.25) is 4.79 Å². The number of allylic oxidation sites excluding steroid dienone is 1. The predicted octanol–water partition coefficient (Wildman–Crippen LogP) is 2.47. The van der Waals surface area contributed by atoms with E-state index >= 15 is 0 Å². The van der Waals surface area contributed by atoms with Crippen molar-refractivity contribution in [2.24, 2.45) is 0 Å². The molecule has 0 amide bonds. The lowest BCUT2D eigenvalue weighted by molar-refractivity contribution is 0.112. The van der Waals surface area contributed by atoms with Gasteiger partial charge in [-0.15, -0.1) is 11.6 Å². The number of ether oxygens (including phenoxy) is 1. The number of carbonyl (C=O) groups excluding carboxylic acids is 1. The Labute approximate surface area is 92.9 Å². The van der Waals surface area contributed by atoms with E-state index in [1.165, 1.54) is 13.2 Å². The Morgan fingerprint density at radius 1 is 1.53 bits per heavy atom. The number of rotatable bonds is 4. The average Bonchev–Trinajstić information content (AvgIpc) is 2.27. The van der Waals surface area contributed by atoms with Crippen LogP contribution in [-0.2, 0) is 0 Å². The van der Waals surface area contributed by atoms with Crippen LogP contribution in [0.15, 0.2) is 18.2 Å². The molecule has 0 unspecified atom stereocenters. The summed E-state index contributed by atoms with van der Waals surface area (Å²) in [5.41, 5.74) is 0.819. The summed E-state index contributed by atoms with van der Waals surface area (Å²) in [4.78, 5) is 10.7. The van der Waals surface area contributed by atoms with E-state index in [-0.39, 0.29) is 5.75 Å². The molecule has 0 atom stereocenters. The molecule has 0 saturated carbocycles.